The van der Waals surface area contributed by atoms with Crippen LogP contribution in [0.3, 0.4) is 0 Å². The summed E-state index contributed by atoms with van der Waals surface area (Å²) in [6.45, 7) is 4.67. The largest absolute Gasteiger partial charge is 0.361 e. The van der Waals surface area contributed by atoms with Crippen molar-refractivity contribution in [2.24, 2.45) is 4.99 Å². The fraction of sp³-hybridized carbons (Fsp3) is 0.240. The highest BCUT2D eigenvalue weighted by molar-refractivity contribution is 7.20. The van der Waals surface area contributed by atoms with Crippen LogP contribution in [0.25, 0.3) is 26.3 Å². The second kappa shape index (κ2) is 8.59. The first-order valence-corrected chi connectivity index (χ1v) is 11.7. The van der Waals surface area contributed by atoms with Gasteiger partial charge >= 0.3 is 0 Å². The first-order chi connectivity index (χ1) is 15.7. The monoisotopic (exact) mass is 443 g/mol. The number of aromatic amines is 2. The van der Waals surface area contributed by atoms with Gasteiger partial charge in [0.15, 0.2) is 0 Å². The number of nitrogens with zero attached hydrogens (tertiary/aromatic N) is 3. The third kappa shape index (κ3) is 3.69. The van der Waals surface area contributed by atoms with Crippen LogP contribution in [0.1, 0.15) is 37.1 Å². The lowest BCUT2D eigenvalue weighted by atomic mass is 10.1. The third-order valence-electron chi connectivity index (χ3n) is 5.71. The Kier molecular flexibility index (Phi) is 5.49. The van der Waals surface area contributed by atoms with Gasteiger partial charge in [-0.1, -0.05) is 55.0 Å². The van der Waals surface area contributed by atoms with Gasteiger partial charge in [-0.05, 0) is 43.5 Å². The Labute approximate surface area is 189 Å². The quantitative estimate of drug-likeness (QED) is 0.337. The second-order valence-electron chi connectivity index (χ2n) is 7.90. The molecule has 6 nitrogen and oxygen atoms in total. The summed E-state index contributed by atoms with van der Waals surface area (Å²) in [5.74, 6) is 0. The van der Waals surface area contributed by atoms with E-state index < -0.39 is 0 Å². The molecule has 0 bridgehead atoms. The lowest BCUT2D eigenvalue weighted by Crippen LogP contribution is -2.20. The molecule has 0 fully saturated rings. The van der Waals surface area contributed by atoms with E-state index in [0.29, 0.717) is 17.2 Å². The Bertz CT molecular complexity index is 1450. The van der Waals surface area contributed by atoms with Crippen molar-refractivity contribution >= 4 is 38.2 Å². The molecule has 0 saturated heterocycles. The van der Waals surface area contributed by atoms with E-state index in [1.54, 1.807) is 4.68 Å². The van der Waals surface area contributed by atoms with Gasteiger partial charge in [0.25, 0.3) is 5.56 Å². The topological polar surface area (TPSA) is 78.8 Å². The minimum Gasteiger partial charge on any atom is -0.361 e. The van der Waals surface area contributed by atoms with Crippen molar-refractivity contribution in [1.82, 2.24) is 19.7 Å². The van der Waals surface area contributed by atoms with Crippen molar-refractivity contribution in [2.45, 2.75) is 33.1 Å². The number of fused-ring (bicyclic) bond motifs is 2. The van der Waals surface area contributed by atoms with Crippen molar-refractivity contribution in [3.8, 4) is 5.13 Å². The maximum Gasteiger partial charge on any atom is 0.282 e. The van der Waals surface area contributed by atoms with Crippen molar-refractivity contribution in [3.05, 3.63) is 81.9 Å². The van der Waals surface area contributed by atoms with Crippen molar-refractivity contribution in [1.29, 1.82) is 0 Å². The number of rotatable bonds is 7. The van der Waals surface area contributed by atoms with Gasteiger partial charge in [0, 0.05) is 35.1 Å². The molecule has 162 valence electrons. The van der Waals surface area contributed by atoms with Gasteiger partial charge < -0.3 is 4.98 Å². The zero-order chi connectivity index (χ0) is 22.1. The molecule has 0 radical (unpaired) electrons. The van der Waals surface area contributed by atoms with Gasteiger partial charge in [0.1, 0.15) is 0 Å². The number of hydrogen-bond donors (Lipinski definition) is 2. The molecule has 0 spiro atoms. The summed E-state index contributed by atoms with van der Waals surface area (Å²) in [5, 5.41) is 5.19. The number of hydrogen-bond acceptors (Lipinski definition) is 4. The van der Waals surface area contributed by atoms with E-state index in [4.69, 9.17) is 4.99 Å². The van der Waals surface area contributed by atoms with Gasteiger partial charge in [-0.15, -0.1) is 0 Å². The van der Waals surface area contributed by atoms with Crippen LogP contribution in [0.15, 0.2) is 64.5 Å². The SMILES string of the molecule is CCCc1[nH]n(-c2nc3ccccc3s2)c(=O)c1C(C)=NCCc1c[nH]c2ccccc12. The van der Waals surface area contributed by atoms with Crippen molar-refractivity contribution < 1.29 is 0 Å². The highest BCUT2D eigenvalue weighted by Crippen LogP contribution is 2.24. The van der Waals surface area contributed by atoms with E-state index in [2.05, 4.69) is 46.4 Å². The number of para-hydroxylation sites is 2. The number of benzene rings is 2. The predicted molar refractivity (Wildman–Crippen MR) is 133 cm³/mol. The summed E-state index contributed by atoms with van der Waals surface area (Å²) in [7, 11) is 0. The van der Waals surface area contributed by atoms with Gasteiger partial charge in [-0.25, -0.2) is 4.98 Å². The van der Waals surface area contributed by atoms with Crippen LogP contribution >= 0.6 is 11.3 Å². The molecule has 0 saturated carbocycles. The van der Waals surface area contributed by atoms with Crippen LogP contribution in [0.4, 0.5) is 0 Å². The summed E-state index contributed by atoms with van der Waals surface area (Å²) in [4.78, 5) is 26.1. The summed E-state index contributed by atoms with van der Waals surface area (Å²) in [6.07, 6.45) is 4.60. The normalized spacial score (nSPS) is 12.2. The predicted octanol–water partition coefficient (Wildman–Crippen LogP) is 5.26. The molecule has 7 heteroatoms. The zero-order valence-corrected chi connectivity index (χ0v) is 19.0. The molecule has 5 aromatic rings. The van der Waals surface area contributed by atoms with Crippen LogP contribution in [0, 0.1) is 0 Å². The van der Waals surface area contributed by atoms with E-state index in [1.165, 1.54) is 22.3 Å². The molecule has 3 heterocycles. The molecule has 0 unspecified atom stereocenters. The Morgan fingerprint density at radius 2 is 1.94 bits per heavy atom. The standard InChI is InChI=1S/C25H25N5OS/c1-3-8-21-23(16(2)26-14-13-17-15-27-19-10-5-4-9-18(17)19)24(31)30(29-21)25-28-20-11-6-7-12-22(20)32-25/h4-7,9-12,15,27,29H,3,8,13-14H2,1-2H3. The number of aromatic nitrogens is 4. The Morgan fingerprint density at radius 3 is 2.78 bits per heavy atom. The molecule has 3 aromatic heterocycles. The minimum atomic E-state index is -0.0825. The van der Waals surface area contributed by atoms with Crippen LogP contribution in [-0.4, -0.2) is 32.0 Å². The lowest BCUT2D eigenvalue weighted by molar-refractivity contribution is 0.790. The van der Waals surface area contributed by atoms with Gasteiger partial charge in [0.2, 0.25) is 5.13 Å². The van der Waals surface area contributed by atoms with Crippen LogP contribution < -0.4 is 5.56 Å². The Balaban J connectivity index is 1.45. The molecule has 5 rings (SSSR count). The summed E-state index contributed by atoms with van der Waals surface area (Å²) >= 11 is 1.51. The molecule has 0 amide bonds. The number of thiazole rings is 1. The molecular weight excluding hydrogens is 418 g/mol. The molecule has 0 aliphatic heterocycles. The van der Waals surface area contributed by atoms with E-state index >= 15 is 0 Å². The first kappa shape index (κ1) is 20.5. The highest BCUT2D eigenvalue weighted by Gasteiger charge is 2.19. The maximum atomic E-state index is 13.4. The van der Waals surface area contributed by atoms with Gasteiger partial charge in [-0.2, -0.15) is 4.68 Å². The van der Waals surface area contributed by atoms with Crippen molar-refractivity contribution in [3.63, 3.8) is 0 Å². The van der Waals surface area contributed by atoms with E-state index in [0.717, 1.165) is 46.4 Å². The number of aryl methyl sites for hydroxylation is 1. The second-order valence-corrected chi connectivity index (χ2v) is 8.91. The van der Waals surface area contributed by atoms with Crippen LogP contribution in [-0.2, 0) is 12.8 Å². The maximum absolute atomic E-state index is 13.4. The van der Waals surface area contributed by atoms with Gasteiger partial charge in [0.05, 0.1) is 15.8 Å². The third-order valence-corrected chi connectivity index (χ3v) is 6.73. The minimum absolute atomic E-state index is 0.0825. The Morgan fingerprint density at radius 1 is 1.12 bits per heavy atom. The number of aliphatic imine (C=N–C) groups is 1. The van der Waals surface area contributed by atoms with Crippen molar-refractivity contribution in [2.75, 3.05) is 6.54 Å². The number of nitrogens with one attached hydrogen (secondary N) is 2. The molecule has 2 N–H and O–H groups in total. The molecule has 2 aromatic carbocycles. The smallest absolute Gasteiger partial charge is 0.282 e. The average molecular weight is 444 g/mol. The van der Waals surface area contributed by atoms with E-state index in [1.807, 2.05) is 37.3 Å². The average Bonchev–Trinajstić information content (AvgIpc) is 3.49. The molecule has 0 aliphatic carbocycles. The fourth-order valence-electron chi connectivity index (χ4n) is 4.14. The molecule has 0 aliphatic rings. The summed E-state index contributed by atoms with van der Waals surface area (Å²) in [5.41, 5.74) is 5.56. The molecular formula is C25H25N5OS. The van der Waals surface area contributed by atoms with Gasteiger partial charge in [-0.3, -0.25) is 14.9 Å². The number of H-pyrrole nitrogens is 2. The van der Waals surface area contributed by atoms with Crippen LogP contribution in [0.5, 0.6) is 0 Å². The van der Waals surface area contributed by atoms with E-state index in [-0.39, 0.29) is 5.56 Å². The molecule has 0 atom stereocenters. The zero-order valence-electron chi connectivity index (χ0n) is 18.2. The lowest BCUT2D eigenvalue weighted by Gasteiger charge is -2.01. The fourth-order valence-corrected chi connectivity index (χ4v) is 5.06. The molecule has 32 heavy (non-hydrogen) atoms. The van der Waals surface area contributed by atoms with E-state index in [9.17, 15) is 4.79 Å². The first-order valence-electron chi connectivity index (χ1n) is 10.9. The Hall–Kier alpha value is -3.45. The summed E-state index contributed by atoms with van der Waals surface area (Å²) in [6, 6.07) is 16.2. The van der Waals surface area contributed by atoms with Crippen LogP contribution in [0.2, 0.25) is 0 Å². The summed E-state index contributed by atoms with van der Waals surface area (Å²) < 4.78 is 2.63. The highest BCUT2D eigenvalue weighted by atomic mass is 32.1.